The van der Waals surface area contributed by atoms with Crippen molar-refractivity contribution in [1.82, 2.24) is 0 Å². The van der Waals surface area contributed by atoms with E-state index in [1.165, 1.54) is 23.9 Å². The van der Waals surface area contributed by atoms with Crippen molar-refractivity contribution in [2.45, 2.75) is 22.8 Å². The first-order valence-corrected chi connectivity index (χ1v) is 8.57. The fourth-order valence-electron chi connectivity index (χ4n) is 1.29. The van der Waals surface area contributed by atoms with Crippen LogP contribution in [0.25, 0.3) is 0 Å². The van der Waals surface area contributed by atoms with Crippen LogP contribution in [0.2, 0.25) is 0 Å². The molecule has 1 rings (SSSR count). The lowest BCUT2D eigenvalue weighted by Crippen LogP contribution is -2.34. The molecule has 1 aromatic rings. The smallest absolute Gasteiger partial charge is 0.323 e. The Kier molecular flexibility index (Phi) is 5.84. The van der Waals surface area contributed by atoms with Crippen LogP contribution in [-0.4, -0.2) is 39.0 Å². The third-order valence-electron chi connectivity index (χ3n) is 2.27. The Morgan fingerprint density at radius 2 is 1.95 bits per heavy atom. The van der Waals surface area contributed by atoms with E-state index in [2.05, 4.69) is 0 Å². The number of benzene rings is 1. The van der Waals surface area contributed by atoms with Gasteiger partial charge in [-0.25, -0.2) is 8.42 Å². The molecule has 0 aliphatic carbocycles. The number of sulfone groups is 1. The normalized spacial score (nSPS) is 13.0. The largest absolute Gasteiger partial charge is 0.465 e. The molecule has 0 radical (unpaired) electrons. The third-order valence-corrected chi connectivity index (χ3v) is 4.53. The number of carbonyl (C=O) groups excluding carboxylic acids is 1. The predicted octanol–water partition coefficient (Wildman–Crippen LogP) is 1.07. The summed E-state index contributed by atoms with van der Waals surface area (Å²) < 4.78 is 27.4. The number of nitrogens with two attached hydrogens (primary N) is 1. The lowest BCUT2D eigenvalue weighted by atomic mass is 10.4. The number of esters is 1. The highest BCUT2D eigenvalue weighted by molar-refractivity contribution is 7.99. The van der Waals surface area contributed by atoms with E-state index in [4.69, 9.17) is 10.5 Å². The van der Waals surface area contributed by atoms with E-state index in [9.17, 15) is 13.2 Å². The van der Waals surface area contributed by atoms with Gasteiger partial charge in [0.05, 0.1) is 11.5 Å². The molecule has 2 N–H and O–H groups in total. The molecule has 0 saturated heterocycles. The molecule has 0 amide bonds. The van der Waals surface area contributed by atoms with Gasteiger partial charge in [-0.1, -0.05) is 0 Å². The second-order valence-electron chi connectivity index (χ2n) is 3.91. The zero-order valence-electron chi connectivity index (χ0n) is 10.8. The molecule has 106 valence electrons. The van der Waals surface area contributed by atoms with Gasteiger partial charge >= 0.3 is 5.97 Å². The van der Waals surface area contributed by atoms with Crippen molar-refractivity contribution >= 4 is 27.6 Å². The first-order chi connectivity index (χ1) is 8.84. The average Bonchev–Trinajstić information content (AvgIpc) is 2.35. The maximum atomic E-state index is 11.3. The van der Waals surface area contributed by atoms with E-state index in [0.717, 1.165) is 11.2 Å². The number of rotatable bonds is 6. The molecule has 0 heterocycles. The predicted molar refractivity (Wildman–Crippen MR) is 74.9 cm³/mol. The van der Waals surface area contributed by atoms with Crippen molar-refractivity contribution in [3.05, 3.63) is 24.3 Å². The summed E-state index contributed by atoms with van der Waals surface area (Å²) in [5, 5.41) is 0. The number of carbonyl (C=O) groups is 1. The second-order valence-corrected chi connectivity index (χ2v) is 7.02. The van der Waals surface area contributed by atoms with Crippen LogP contribution in [0.5, 0.6) is 0 Å². The first-order valence-electron chi connectivity index (χ1n) is 5.69. The highest BCUT2D eigenvalue weighted by atomic mass is 32.2. The summed E-state index contributed by atoms with van der Waals surface area (Å²) >= 11 is 1.38. The summed E-state index contributed by atoms with van der Waals surface area (Å²) in [7, 11) is -3.18. The molecular formula is C12H17NO4S2. The summed E-state index contributed by atoms with van der Waals surface area (Å²) in [6, 6.07) is 5.78. The molecule has 0 aliphatic heterocycles. The second kappa shape index (κ2) is 6.93. The molecule has 0 aromatic heterocycles. The monoisotopic (exact) mass is 303 g/mol. The van der Waals surface area contributed by atoms with Crippen molar-refractivity contribution in [3.63, 3.8) is 0 Å². The van der Waals surface area contributed by atoms with E-state index in [1.54, 1.807) is 19.1 Å². The van der Waals surface area contributed by atoms with E-state index < -0.39 is 21.8 Å². The highest BCUT2D eigenvalue weighted by Crippen LogP contribution is 2.20. The minimum atomic E-state index is -3.18. The number of ether oxygens (including phenoxy) is 1. The van der Waals surface area contributed by atoms with Gasteiger partial charge < -0.3 is 10.5 Å². The van der Waals surface area contributed by atoms with Gasteiger partial charge in [0, 0.05) is 16.9 Å². The molecule has 1 aromatic carbocycles. The van der Waals surface area contributed by atoms with Gasteiger partial charge in [-0.15, -0.1) is 11.8 Å². The fraction of sp³-hybridized carbons (Fsp3) is 0.417. The van der Waals surface area contributed by atoms with Crippen molar-refractivity contribution in [1.29, 1.82) is 0 Å². The van der Waals surface area contributed by atoms with Gasteiger partial charge in [-0.3, -0.25) is 4.79 Å². The molecule has 19 heavy (non-hydrogen) atoms. The molecule has 7 heteroatoms. The van der Waals surface area contributed by atoms with Crippen LogP contribution in [0.4, 0.5) is 0 Å². The van der Waals surface area contributed by atoms with Gasteiger partial charge in [0.15, 0.2) is 9.84 Å². The SMILES string of the molecule is CCOC(=O)C(N)CSc1ccc(S(C)(=O)=O)cc1. The number of hydrogen-bond acceptors (Lipinski definition) is 6. The van der Waals surface area contributed by atoms with Crippen LogP contribution in [0.3, 0.4) is 0 Å². The van der Waals surface area contributed by atoms with Gasteiger partial charge in [0.25, 0.3) is 0 Å². The molecule has 5 nitrogen and oxygen atoms in total. The fourth-order valence-corrected chi connectivity index (χ4v) is 2.75. The Bertz CT molecular complexity index is 525. The zero-order chi connectivity index (χ0) is 14.5. The number of thioether (sulfide) groups is 1. The summed E-state index contributed by atoms with van der Waals surface area (Å²) in [4.78, 5) is 12.4. The molecular weight excluding hydrogens is 286 g/mol. The average molecular weight is 303 g/mol. The van der Waals surface area contributed by atoms with Crippen molar-refractivity contribution in [2.75, 3.05) is 18.6 Å². The van der Waals surface area contributed by atoms with Crippen LogP contribution in [0.15, 0.2) is 34.1 Å². The van der Waals surface area contributed by atoms with Gasteiger partial charge in [-0.05, 0) is 31.2 Å². The van der Waals surface area contributed by atoms with Crippen LogP contribution in [0, 0.1) is 0 Å². The van der Waals surface area contributed by atoms with Gasteiger partial charge in [0.1, 0.15) is 6.04 Å². The number of hydrogen-bond donors (Lipinski definition) is 1. The Hall–Kier alpha value is -1.05. The molecule has 1 unspecified atom stereocenters. The summed E-state index contributed by atoms with van der Waals surface area (Å²) in [5.74, 6) is -0.0420. The summed E-state index contributed by atoms with van der Waals surface area (Å²) in [6.07, 6.45) is 1.16. The van der Waals surface area contributed by atoms with Crippen molar-refractivity contribution < 1.29 is 17.9 Å². The Morgan fingerprint density at radius 3 is 2.42 bits per heavy atom. The van der Waals surface area contributed by atoms with Gasteiger partial charge in [-0.2, -0.15) is 0 Å². The quantitative estimate of drug-likeness (QED) is 0.625. The molecule has 1 atom stereocenters. The Labute approximate surface area is 117 Å². The molecule has 0 fully saturated rings. The Morgan fingerprint density at radius 1 is 1.37 bits per heavy atom. The van der Waals surface area contributed by atoms with Crippen LogP contribution in [0.1, 0.15) is 6.92 Å². The summed E-state index contributed by atoms with van der Waals surface area (Å²) in [6.45, 7) is 2.03. The minimum Gasteiger partial charge on any atom is -0.465 e. The van der Waals surface area contributed by atoms with E-state index in [0.29, 0.717) is 12.4 Å². The first kappa shape index (κ1) is 16.0. The van der Waals surface area contributed by atoms with Gasteiger partial charge in [0.2, 0.25) is 0 Å². The van der Waals surface area contributed by atoms with Crippen LogP contribution in [-0.2, 0) is 19.4 Å². The van der Waals surface area contributed by atoms with E-state index >= 15 is 0 Å². The molecule has 0 bridgehead atoms. The van der Waals surface area contributed by atoms with Crippen LogP contribution < -0.4 is 5.73 Å². The highest BCUT2D eigenvalue weighted by Gasteiger charge is 2.14. The Balaban J connectivity index is 2.57. The topological polar surface area (TPSA) is 86.5 Å². The lowest BCUT2D eigenvalue weighted by molar-refractivity contribution is -0.144. The van der Waals surface area contributed by atoms with Crippen molar-refractivity contribution in [2.24, 2.45) is 5.73 Å². The maximum Gasteiger partial charge on any atom is 0.323 e. The molecule has 0 aliphatic rings. The van der Waals surface area contributed by atoms with Crippen molar-refractivity contribution in [3.8, 4) is 0 Å². The third kappa shape index (κ3) is 5.22. The van der Waals surface area contributed by atoms with E-state index in [1.807, 2.05) is 0 Å². The molecule has 0 saturated carbocycles. The minimum absolute atomic E-state index is 0.270. The summed E-state index contributed by atoms with van der Waals surface area (Å²) in [5.41, 5.74) is 5.66. The molecule has 0 spiro atoms. The van der Waals surface area contributed by atoms with E-state index in [-0.39, 0.29) is 4.90 Å². The standard InChI is InChI=1S/C12H17NO4S2/c1-3-17-12(14)11(13)8-18-9-4-6-10(7-5-9)19(2,15)16/h4-7,11H,3,8,13H2,1-2H3. The maximum absolute atomic E-state index is 11.3. The zero-order valence-corrected chi connectivity index (χ0v) is 12.5. The van der Waals surface area contributed by atoms with Crippen LogP contribution >= 0.6 is 11.8 Å². The lowest BCUT2D eigenvalue weighted by Gasteiger charge is -2.10.